The Kier molecular flexibility index (Phi) is 9.13. The Balaban J connectivity index is 1.23. The van der Waals surface area contributed by atoms with Crippen LogP contribution in [0.5, 0.6) is 23.0 Å². The average Bonchev–Trinajstić information content (AvgIpc) is 3.00. The van der Waals surface area contributed by atoms with Crippen molar-refractivity contribution in [1.29, 1.82) is 0 Å². The van der Waals surface area contributed by atoms with E-state index in [0.717, 1.165) is 57.6 Å². The van der Waals surface area contributed by atoms with Gasteiger partial charge in [0.05, 0.1) is 50.6 Å². The van der Waals surface area contributed by atoms with Gasteiger partial charge in [-0.15, -0.1) is 0 Å². The Morgan fingerprint density at radius 2 is 1.79 bits per heavy atom. The molecule has 0 N–H and O–H groups in total. The first kappa shape index (κ1) is 29.2. The fourth-order valence-corrected chi connectivity index (χ4v) is 4.50. The molecule has 0 spiro atoms. The fourth-order valence-electron chi connectivity index (χ4n) is 4.50. The maximum absolute atomic E-state index is 13.0. The minimum Gasteiger partial charge on any atom is -0.493 e. The zero-order valence-corrected chi connectivity index (χ0v) is 22.9. The SMILES string of the molecule is COc1cc2c(Oc3ccc(CC(=O)c4cc(C(F)(F)F)ccn4)nc3)ccnc2cc1OCCCN1CCOCC1. The normalized spacial score (nSPS) is 14.1. The predicted octanol–water partition coefficient (Wildman–Crippen LogP) is 5.37. The Bertz CT molecular complexity index is 1530. The molecule has 9 nitrogen and oxygen atoms in total. The summed E-state index contributed by atoms with van der Waals surface area (Å²) in [5, 5.41) is 0.699. The van der Waals surface area contributed by atoms with Crippen molar-refractivity contribution >= 4 is 16.7 Å². The summed E-state index contributed by atoms with van der Waals surface area (Å²) < 4.78 is 62.0. The number of aromatic nitrogens is 3. The number of hydrogen-bond donors (Lipinski definition) is 0. The molecule has 0 unspecified atom stereocenters. The van der Waals surface area contributed by atoms with Gasteiger partial charge in [0.1, 0.15) is 17.2 Å². The number of Topliss-reactive ketones (excluding diaryl/α,β-unsaturated/α-hetero) is 1. The number of benzene rings is 1. The molecule has 0 radical (unpaired) electrons. The highest BCUT2D eigenvalue weighted by Crippen LogP contribution is 2.37. The number of ether oxygens (including phenoxy) is 4. The molecule has 12 heteroatoms. The second-order valence-electron chi connectivity index (χ2n) is 9.60. The first-order valence-corrected chi connectivity index (χ1v) is 13.4. The van der Waals surface area contributed by atoms with E-state index in [2.05, 4.69) is 19.9 Å². The number of methoxy groups -OCH3 is 1. The van der Waals surface area contributed by atoms with Crippen molar-refractivity contribution in [1.82, 2.24) is 19.9 Å². The molecule has 1 saturated heterocycles. The van der Waals surface area contributed by atoms with Crippen molar-refractivity contribution in [2.45, 2.75) is 19.0 Å². The minimum absolute atomic E-state index is 0.209. The molecule has 0 amide bonds. The quantitative estimate of drug-likeness (QED) is 0.171. The molecule has 1 fully saturated rings. The lowest BCUT2D eigenvalue weighted by Crippen LogP contribution is -2.37. The van der Waals surface area contributed by atoms with Crippen LogP contribution in [0.15, 0.2) is 61.1 Å². The third kappa shape index (κ3) is 7.31. The topological polar surface area (TPSA) is 95.9 Å². The molecular weight excluding hydrogens is 553 g/mol. The molecule has 3 aromatic heterocycles. The number of carbonyl (C=O) groups is 1. The van der Waals surface area contributed by atoms with Gasteiger partial charge in [0, 0.05) is 49.2 Å². The van der Waals surface area contributed by atoms with E-state index in [9.17, 15) is 18.0 Å². The summed E-state index contributed by atoms with van der Waals surface area (Å²) in [4.78, 5) is 27.3. The largest absolute Gasteiger partial charge is 0.493 e. The van der Waals surface area contributed by atoms with Gasteiger partial charge in [-0.1, -0.05) is 0 Å². The molecule has 1 aliphatic heterocycles. The zero-order valence-electron chi connectivity index (χ0n) is 22.9. The molecule has 4 heterocycles. The van der Waals surface area contributed by atoms with Crippen molar-refractivity contribution in [3.8, 4) is 23.0 Å². The molecule has 4 aromatic rings. The predicted molar refractivity (Wildman–Crippen MR) is 147 cm³/mol. The lowest BCUT2D eigenvalue weighted by molar-refractivity contribution is -0.137. The standard InChI is InChI=1S/C30H29F3N4O5/c1-39-28-17-23-24(18-29(28)41-12-2-9-37-10-13-40-14-11-37)34-8-6-27(23)42-22-4-3-21(36-19-22)16-26(38)25-15-20(5-7-35-25)30(31,32)33/h3-8,15,17-19H,2,9-14,16H2,1H3. The molecule has 1 aromatic carbocycles. The number of halogens is 3. The maximum atomic E-state index is 13.0. The number of alkyl halides is 3. The highest BCUT2D eigenvalue weighted by molar-refractivity contribution is 5.95. The highest BCUT2D eigenvalue weighted by atomic mass is 19.4. The molecular formula is C30H29F3N4O5. The van der Waals surface area contributed by atoms with Gasteiger partial charge in [-0.05, 0) is 42.8 Å². The van der Waals surface area contributed by atoms with Crippen molar-refractivity contribution in [2.75, 3.05) is 46.6 Å². The first-order valence-electron chi connectivity index (χ1n) is 13.4. The average molecular weight is 583 g/mol. The van der Waals surface area contributed by atoms with Crippen molar-refractivity contribution < 1.29 is 36.9 Å². The molecule has 0 saturated carbocycles. The Labute approximate surface area is 240 Å². The van der Waals surface area contributed by atoms with Crippen LogP contribution in [0.3, 0.4) is 0 Å². The van der Waals surface area contributed by atoms with Gasteiger partial charge in [-0.2, -0.15) is 13.2 Å². The summed E-state index contributed by atoms with van der Waals surface area (Å²) >= 11 is 0. The van der Waals surface area contributed by atoms with Crippen molar-refractivity contribution in [3.05, 3.63) is 78.0 Å². The summed E-state index contributed by atoms with van der Waals surface area (Å²) in [6.07, 6.45) is 0.124. The third-order valence-corrected chi connectivity index (χ3v) is 6.71. The fraction of sp³-hybridized carbons (Fsp3) is 0.333. The lowest BCUT2D eigenvalue weighted by atomic mass is 10.1. The Hall–Kier alpha value is -4.29. The smallest absolute Gasteiger partial charge is 0.416 e. The zero-order chi connectivity index (χ0) is 29.5. The molecule has 0 aliphatic carbocycles. The van der Waals surface area contributed by atoms with Gasteiger partial charge >= 0.3 is 6.18 Å². The number of morpholine rings is 1. The van der Waals surface area contributed by atoms with Crippen LogP contribution in [0.4, 0.5) is 13.2 Å². The van der Waals surface area contributed by atoms with Gasteiger partial charge in [0.25, 0.3) is 0 Å². The maximum Gasteiger partial charge on any atom is 0.416 e. The van der Waals surface area contributed by atoms with Crippen LogP contribution in [0.25, 0.3) is 10.9 Å². The summed E-state index contributed by atoms with van der Waals surface area (Å²) in [6, 6.07) is 10.1. The number of carbonyl (C=O) groups excluding carboxylic acids is 1. The van der Waals surface area contributed by atoms with Gasteiger partial charge < -0.3 is 18.9 Å². The summed E-state index contributed by atoms with van der Waals surface area (Å²) in [5.41, 5.74) is -0.186. The van der Waals surface area contributed by atoms with Gasteiger partial charge in [-0.25, -0.2) is 0 Å². The number of rotatable bonds is 11. The number of hydrogen-bond acceptors (Lipinski definition) is 9. The number of pyridine rings is 3. The summed E-state index contributed by atoms with van der Waals surface area (Å²) in [6.45, 7) is 4.84. The lowest BCUT2D eigenvalue weighted by Gasteiger charge is -2.26. The summed E-state index contributed by atoms with van der Waals surface area (Å²) in [7, 11) is 1.57. The van der Waals surface area contributed by atoms with E-state index < -0.39 is 17.5 Å². The van der Waals surface area contributed by atoms with E-state index in [1.165, 1.54) is 6.20 Å². The highest BCUT2D eigenvalue weighted by Gasteiger charge is 2.31. The van der Waals surface area contributed by atoms with Gasteiger partial charge in [0.15, 0.2) is 17.3 Å². The van der Waals surface area contributed by atoms with E-state index in [1.54, 1.807) is 37.6 Å². The number of ketones is 1. The van der Waals surface area contributed by atoms with Gasteiger partial charge in [-0.3, -0.25) is 24.6 Å². The van der Waals surface area contributed by atoms with Crippen LogP contribution in [-0.2, 0) is 17.3 Å². The van der Waals surface area contributed by atoms with Crippen LogP contribution in [0.2, 0.25) is 0 Å². The second kappa shape index (κ2) is 13.1. The number of fused-ring (bicyclic) bond motifs is 1. The van der Waals surface area contributed by atoms with Crippen LogP contribution in [0.1, 0.15) is 28.2 Å². The van der Waals surface area contributed by atoms with Crippen LogP contribution < -0.4 is 14.2 Å². The summed E-state index contributed by atoms with van der Waals surface area (Å²) in [5.74, 6) is 1.47. The van der Waals surface area contributed by atoms with E-state index >= 15 is 0 Å². The third-order valence-electron chi connectivity index (χ3n) is 6.71. The van der Waals surface area contributed by atoms with Crippen LogP contribution in [0, 0.1) is 0 Å². The molecule has 0 atom stereocenters. The Morgan fingerprint density at radius 1 is 0.976 bits per heavy atom. The van der Waals surface area contributed by atoms with E-state index in [1.807, 2.05) is 6.07 Å². The molecule has 0 bridgehead atoms. The van der Waals surface area contributed by atoms with Crippen molar-refractivity contribution in [2.24, 2.45) is 0 Å². The molecule has 5 rings (SSSR count). The number of nitrogens with zero attached hydrogens (tertiary/aromatic N) is 4. The minimum atomic E-state index is -4.56. The van der Waals surface area contributed by atoms with Crippen molar-refractivity contribution in [3.63, 3.8) is 0 Å². The van der Waals surface area contributed by atoms with Crippen LogP contribution >= 0.6 is 0 Å². The molecule has 220 valence electrons. The van der Waals surface area contributed by atoms with E-state index in [0.29, 0.717) is 46.2 Å². The Morgan fingerprint density at radius 3 is 2.52 bits per heavy atom. The van der Waals surface area contributed by atoms with E-state index in [-0.39, 0.29) is 12.1 Å². The molecule has 42 heavy (non-hydrogen) atoms. The van der Waals surface area contributed by atoms with Crippen LogP contribution in [-0.4, -0.2) is 72.2 Å². The first-order chi connectivity index (χ1) is 20.3. The monoisotopic (exact) mass is 582 g/mol. The molecule has 1 aliphatic rings. The second-order valence-corrected chi connectivity index (χ2v) is 9.60. The van der Waals surface area contributed by atoms with Gasteiger partial charge in [0.2, 0.25) is 0 Å². The van der Waals surface area contributed by atoms with E-state index in [4.69, 9.17) is 18.9 Å².